The Morgan fingerprint density at radius 3 is 2.24 bits per heavy atom. The Morgan fingerprint density at radius 2 is 1.66 bits per heavy atom. The van der Waals surface area contributed by atoms with Crippen molar-refractivity contribution in [2.75, 3.05) is 0 Å². The predicted molar refractivity (Wildman–Crippen MR) is 145 cm³/mol. The molecule has 4 rings (SSSR count). The summed E-state index contributed by atoms with van der Waals surface area (Å²) in [6.45, 7) is 11.7. The van der Waals surface area contributed by atoms with Crippen LogP contribution in [0.4, 0.5) is 0 Å². The van der Waals surface area contributed by atoms with Gasteiger partial charge in [0.1, 0.15) is 6.10 Å². The van der Waals surface area contributed by atoms with E-state index in [1.165, 1.54) is 6.92 Å². The van der Waals surface area contributed by atoms with Crippen LogP contribution in [0.1, 0.15) is 73.6 Å². The predicted octanol–water partition coefficient (Wildman–Crippen LogP) is 3.07. The summed E-state index contributed by atoms with van der Waals surface area (Å²) in [5.74, 6) is -2.24. The van der Waals surface area contributed by atoms with E-state index < -0.39 is 53.0 Å². The number of aliphatic hydroxyl groups excluding tert-OH is 2. The highest BCUT2D eigenvalue weighted by atomic mass is 16.5. The van der Waals surface area contributed by atoms with Gasteiger partial charge in [-0.1, -0.05) is 38.5 Å². The molecule has 0 aliphatic heterocycles. The molecule has 0 saturated heterocycles. The lowest BCUT2D eigenvalue weighted by Gasteiger charge is -2.69. The molecule has 0 unspecified atom stereocenters. The van der Waals surface area contributed by atoms with Crippen molar-refractivity contribution in [1.29, 1.82) is 0 Å². The molecule has 0 amide bonds. The number of hydrogen-bond acceptors (Lipinski definition) is 7. The lowest BCUT2D eigenvalue weighted by Crippen LogP contribution is -2.72. The van der Waals surface area contributed by atoms with Crippen LogP contribution in [0.3, 0.4) is 0 Å². The summed E-state index contributed by atoms with van der Waals surface area (Å²) in [5, 5.41) is 32.8. The molecular weight excluding hydrogens is 484 g/mol. The Labute approximate surface area is 226 Å². The van der Waals surface area contributed by atoms with Gasteiger partial charge in [-0.15, -0.1) is 0 Å². The smallest absolute Gasteiger partial charge is 0.335 e. The lowest BCUT2D eigenvalue weighted by molar-refractivity contribution is -0.233. The molecule has 0 aromatic heterocycles. The van der Waals surface area contributed by atoms with Crippen LogP contribution >= 0.6 is 0 Å². The molecule has 7 N–H and O–H groups in total. The minimum absolute atomic E-state index is 0.0496. The monoisotopic (exact) mass is 530 g/mol. The molecule has 11 atom stereocenters. The number of aliphatic hydroxyl groups is 2. The van der Waals surface area contributed by atoms with Crippen molar-refractivity contribution >= 4 is 11.9 Å². The van der Waals surface area contributed by atoms with Crippen LogP contribution < -0.4 is 11.5 Å². The molecule has 0 aromatic rings. The maximum atomic E-state index is 12.6. The van der Waals surface area contributed by atoms with E-state index in [0.29, 0.717) is 18.4 Å². The van der Waals surface area contributed by atoms with Crippen molar-refractivity contribution in [1.82, 2.24) is 0 Å². The van der Waals surface area contributed by atoms with Crippen LogP contribution in [0.25, 0.3) is 0 Å². The average molecular weight is 531 g/mol. The SMILES string of the molecule is CC(=O)O[C@H]1C[C@@]2(C)[C@H](/C1=C(\C=C\C=C(C)C)C(=O)O)[C@@H](N)[C@@H](O)[C@H]1[C@@]3(C)CC[C@@H](O)[C@@H](N)[C@@H]3CC[C@@]12C. The average Bonchev–Trinajstić information content (AvgIpc) is 3.10. The summed E-state index contributed by atoms with van der Waals surface area (Å²) < 4.78 is 5.81. The number of aliphatic carboxylic acids is 1. The van der Waals surface area contributed by atoms with Crippen LogP contribution in [0, 0.1) is 34.0 Å². The summed E-state index contributed by atoms with van der Waals surface area (Å²) in [6.07, 6.45) is 6.16. The standard InChI is InChI=1S/C30H46N2O6/c1-15(2)8-7-9-17(27(36)37)21-20(38-16(3)33)14-30(6)22(21)24(32)25(35)26-28(4)12-11-19(34)23(31)18(28)10-13-29(26,30)5/h7-9,18-20,22-26,34-35H,10-14,31-32H2,1-6H3,(H,36,37)/b9-7+,21-17+/t18-,19+,20-,22+,23-,24+,25+,26-,28-,29-,30-/m0/s1. The van der Waals surface area contributed by atoms with Crippen LogP contribution in [0.15, 0.2) is 34.9 Å². The van der Waals surface area contributed by atoms with Gasteiger partial charge in [-0.05, 0) is 85.7 Å². The number of carboxylic acids is 1. The molecule has 38 heavy (non-hydrogen) atoms. The molecule has 4 aliphatic carbocycles. The number of nitrogens with two attached hydrogens (primary N) is 2. The zero-order valence-corrected chi connectivity index (χ0v) is 23.6. The second-order valence-corrected chi connectivity index (χ2v) is 13.3. The van der Waals surface area contributed by atoms with Gasteiger partial charge in [0, 0.05) is 24.9 Å². The van der Waals surface area contributed by atoms with Crippen molar-refractivity contribution in [3.8, 4) is 0 Å². The maximum absolute atomic E-state index is 12.6. The summed E-state index contributed by atoms with van der Waals surface area (Å²) in [4.78, 5) is 24.8. The van der Waals surface area contributed by atoms with E-state index in [-0.39, 0.29) is 28.9 Å². The third-order valence-corrected chi connectivity index (χ3v) is 11.1. The highest BCUT2D eigenvalue weighted by molar-refractivity contribution is 5.91. The van der Waals surface area contributed by atoms with Crippen LogP contribution in [0.2, 0.25) is 0 Å². The second kappa shape index (κ2) is 9.88. The van der Waals surface area contributed by atoms with Crippen molar-refractivity contribution < 1.29 is 29.6 Å². The maximum Gasteiger partial charge on any atom is 0.335 e. The molecule has 0 radical (unpaired) electrons. The second-order valence-electron chi connectivity index (χ2n) is 13.3. The Kier molecular flexibility index (Phi) is 7.54. The molecule has 4 aliphatic rings. The highest BCUT2D eigenvalue weighted by Gasteiger charge is 2.72. The minimum atomic E-state index is -1.11. The Balaban J connectivity index is 1.91. The van der Waals surface area contributed by atoms with Gasteiger partial charge in [-0.25, -0.2) is 4.79 Å². The quantitative estimate of drug-likeness (QED) is 0.211. The molecule has 4 saturated carbocycles. The summed E-state index contributed by atoms with van der Waals surface area (Å²) in [5.41, 5.74) is 13.7. The van der Waals surface area contributed by atoms with E-state index in [9.17, 15) is 24.9 Å². The normalized spacial score (nSPS) is 47.5. The molecule has 212 valence electrons. The van der Waals surface area contributed by atoms with Crippen molar-refractivity contribution in [3.05, 3.63) is 34.9 Å². The van der Waals surface area contributed by atoms with Gasteiger partial charge in [0.15, 0.2) is 0 Å². The van der Waals surface area contributed by atoms with Crippen molar-refractivity contribution in [3.63, 3.8) is 0 Å². The minimum Gasteiger partial charge on any atom is -0.478 e. The molecule has 8 heteroatoms. The number of fused-ring (bicyclic) bond motifs is 5. The fourth-order valence-corrected chi connectivity index (χ4v) is 9.28. The van der Waals surface area contributed by atoms with Gasteiger partial charge in [0.2, 0.25) is 0 Å². The van der Waals surface area contributed by atoms with Crippen LogP contribution in [-0.4, -0.2) is 57.7 Å². The number of carbonyl (C=O) groups excluding carboxylic acids is 1. The number of allylic oxidation sites excluding steroid dienone is 3. The molecule has 8 nitrogen and oxygen atoms in total. The van der Waals surface area contributed by atoms with E-state index in [4.69, 9.17) is 16.2 Å². The number of carbonyl (C=O) groups is 2. The van der Waals surface area contributed by atoms with E-state index in [1.54, 1.807) is 12.2 Å². The van der Waals surface area contributed by atoms with Crippen LogP contribution in [-0.2, 0) is 14.3 Å². The number of hydrogen-bond donors (Lipinski definition) is 5. The van der Waals surface area contributed by atoms with Gasteiger partial charge < -0.3 is 31.5 Å². The zero-order chi connectivity index (χ0) is 28.4. The van der Waals surface area contributed by atoms with Crippen molar-refractivity contribution in [2.45, 2.75) is 104 Å². The highest BCUT2D eigenvalue weighted by Crippen LogP contribution is 2.73. The first-order valence-electron chi connectivity index (χ1n) is 13.9. The first kappa shape index (κ1) is 29.0. The van der Waals surface area contributed by atoms with E-state index in [1.807, 2.05) is 19.9 Å². The van der Waals surface area contributed by atoms with Gasteiger partial charge in [0.05, 0.1) is 17.8 Å². The topological polar surface area (TPSA) is 156 Å². The Bertz CT molecular complexity index is 1080. The van der Waals surface area contributed by atoms with Gasteiger partial charge in [0.25, 0.3) is 0 Å². The Morgan fingerprint density at radius 1 is 1.00 bits per heavy atom. The van der Waals surface area contributed by atoms with Gasteiger partial charge in [-0.3, -0.25) is 4.79 Å². The van der Waals surface area contributed by atoms with E-state index in [2.05, 4.69) is 20.8 Å². The largest absolute Gasteiger partial charge is 0.478 e. The number of ether oxygens (including phenoxy) is 1. The molecule has 0 spiro atoms. The first-order chi connectivity index (χ1) is 17.6. The molecule has 0 aromatic carbocycles. The third-order valence-electron chi connectivity index (χ3n) is 11.1. The van der Waals surface area contributed by atoms with E-state index in [0.717, 1.165) is 24.8 Å². The molecule has 0 bridgehead atoms. The number of esters is 1. The van der Waals surface area contributed by atoms with Crippen LogP contribution in [0.5, 0.6) is 0 Å². The number of carboxylic acid groups (broad SMARTS) is 1. The van der Waals surface area contributed by atoms with Gasteiger partial charge >= 0.3 is 11.9 Å². The van der Waals surface area contributed by atoms with E-state index >= 15 is 0 Å². The Hall–Kier alpha value is -2.00. The molecule has 0 heterocycles. The fraction of sp³-hybridized carbons (Fsp3) is 0.733. The third kappa shape index (κ3) is 4.19. The molecule has 4 fully saturated rings. The first-order valence-corrected chi connectivity index (χ1v) is 13.9. The summed E-state index contributed by atoms with van der Waals surface area (Å²) in [7, 11) is 0. The fourth-order valence-electron chi connectivity index (χ4n) is 9.28. The zero-order valence-electron chi connectivity index (χ0n) is 23.6. The lowest BCUT2D eigenvalue weighted by atomic mass is 9.36. The summed E-state index contributed by atoms with van der Waals surface area (Å²) in [6, 6.07) is -1.11. The summed E-state index contributed by atoms with van der Waals surface area (Å²) >= 11 is 0. The number of rotatable bonds is 4. The van der Waals surface area contributed by atoms with Crippen molar-refractivity contribution in [2.24, 2.45) is 45.5 Å². The van der Waals surface area contributed by atoms with Gasteiger partial charge in [-0.2, -0.15) is 0 Å². The molecular formula is C30H46N2O6.